The van der Waals surface area contributed by atoms with Gasteiger partial charge in [0.2, 0.25) is 0 Å². The predicted molar refractivity (Wildman–Crippen MR) is 105 cm³/mol. The molecular formula is C19H24N2O3S2. The van der Waals surface area contributed by atoms with Gasteiger partial charge in [0.05, 0.1) is 21.4 Å². The molecule has 2 N–H and O–H groups in total. The standard InChI is InChI=1S/C19H24N2O3S2/c1-12-4-10-25-15(12)17(22)20-14(3)19(24)6-8-21(9-7-19)18(23)16-13(2)5-11-26-16/h4-5,10-11,14,24H,6-9H2,1-3H3,(H,20,22). The highest BCUT2D eigenvalue weighted by Gasteiger charge is 2.39. The van der Waals surface area contributed by atoms with Crippen molar-refractivity contribution in [1.82, 2.24) is 10.2 Å². The summed E-state index contributed by atoms with van der Waals surface area (Å²) in [5.41, 5.74) is 0.938. The molecular weight excluding hydrogens is 368 g/mol. The lowest BCUT2D eigenvalue weighted by Crippen LogP contribution is -2.57. The Balaban J connectivity index is 1.60. The summed E-state index contributed by atoms with van der Waals surface area (Å²) in [6.07, 6.45) is 0.905. The minimum atomic E-state index is -0.998. The van der Waals surface area contributed by atoms with E-state index < -0.39 is 5.60 Å². The average molecular weight is 393 g/mol. The van der Waals surface area contributed by atoms with E-state index in [0.29, 0.717) is 30.8 Å². The van der Waals surface area contributed by atoms with Crippen molar-refractivity contribution in [2.45, 2.75) is 45.3 Å². The van der Waals surface area contributed by atoms with Crippen LogP contribution in [-0.4, -0.2) is 46.6 Å². The van der Waals surface area contributed by atoms with Gasteiger partial charge in [-0.3, -0.25) is 9.59 Å². The minimum Gasteiger partial charge on any atom is -0.388 e. The number of hydrogen-bond donors (Lipinski definition) is 2. The molecule has 1 aliphatic heterocycles. The van der Waals surface area contributed by atoms with Crippen LogP contribution in [0.15, 0.2) is 22.9 Å². The normalized spacial score (nSPS) is 17.8. The summed E-state index contributed by atoms with van der Waals surface area (Å²) in [6.45, 7) is 6.66. The van der Waals surface area contributed by atoms with Crippen LogP contribution in [-0.2, 0) is 0 Å². The molecule has 0 saturated carbocycles. The Labute approximate surface area is 161 Å². The molecule has 0 aliphatic carbocycles. The highest BCUT2D eigenvalue weighted by molar-refractivity contribution is 7.12. The predicted octanol–water partition coefficient (Wildman–Crippen LogP) is 3.21. The number of nitrogens with zero attached hydrogens (tertiary/aromatic N) is 1. The molecule has 1 unspecified atom stereocenters. The number of thiophene rings is 2. The Hall–Kier alpha value is -1.70. The molecule has 1 aliphatic rings. The number of amides is 2. The molecule has 2 amide bonds. The van der Waals surface area contributed by atoms with E-state index in [4.69, 9.17) is 0 Å². The highest BCUT2D eigenvalue weighted by atomic mass is 32.1. The topological polar surface area (TPSA) is 69.6 Å². The molecule has 3 heterocycles. The third-order valence-corrected chi connectivity index (χ3v) is 7.21. The zero-order valence-corrected chi connectivity index (χ0v) is 16.9. The minimum absolute atomic E-state index is 0.0328. The molecule has 0 aromatic carbocycles. The van der Waals surface area contributed by atoms with E-state index in [2.05, 4.69) is 5.32 Å². The summed E-state index contributed by atoms with van der Waals surface area (Å²) in [6, 6.07) is 3.48. The van der Waals surface area contributed by atoms with E-state index in [-0.39, 0.29) is 17.9 Å². The van der Waals surface area contributed by atoms with E-state index in [1.165, 1.54) is 22.7 Å². The lowest BCUT2D eigenvalue weighted by atomic mass is 9.85. The number of piperidine rings is 1. The first kappa shape index (κ1) is 19.1. The first-order chi connectivity index (χ1) is 12.3. The van der Waals surface area contributed by atoms with Gasteiger partial charge in [0, 0.05) is 13.1 Å². The van der Waals surface area contributed by atoms with Crippen molar-refractivity contribution in [2.75, 3.05) is 13.1 Å². The smallest absolute Gasteiger partial charge is 0.264 e. The molecule has 1 saturated heterocycles. The molecule has 0 bridgehead atoms. The van der Waals surface area contributed by atoms with Crippen LogP contribution in [0, 0.1) is 13.8 Å². The molecule has 1 fully saturated rings. The Kier molecular flexibility index (Phi) is 5.50. The first-order valence-electron chi connectivity index (χ1n) is 8.72. The van der Waals surface area contributed by atoms with Crippen LogP contribution >= 0.6 is 22.7 Å². The second kappa shape index (κ2) is 7.50. The highest BCUT2D eigenvalue weighted by Crippen LogP contribution is 2.28. The summed E-state index contributed by atoms with van der Waals surface area (Å²) < 4.78 is 0. The molecule has 0 radical (unpaired) electrons. The van der Waals surface area contributed by atoms with Crippen molar-refractivity contribution in [3.63, 3.8) is 0 Å². The second-order valence-electron chi connectivity index (χ2n) is 6.96. The van der Waals surface area contributed by atoms with Crippen LogP contribution in [0.5, 0.6) is 0 Å². The molecule has 7 heteroatoms. The van der Waals surface area contributed by atoms with Crippen molar-refractivity contribution in [1.29, 1.82) is 0 Å². The van der Waals surface area contributed by atoms with Crippen molar-refractivity contribution in [2.24, 2.45) is 0 Å². The second-order valence-corrected chi connectivity index (χ2v) is 8.79. The number of aliphatic hydroxyl groups is 1. The molecule has 3 rings (SSSR count). The fourth-order valence-corrected chi connectivity index (χ4v) is 4.99. The van der Waals surface area contributed by atoms with Crippen LogP contribution in [0.25, 0.3) is 0 Å². The van der Waals surface area contributed by atoms with Crippen molar-refractivity contribution in [3.8, 4) is 0 Å². The number of aryl methyl sites for hydroxylation is 2. The maximum Gasteiger partial charge on any atom is 0.264 e. The molecule has 1 atom stereocenters. The van der Waals surface area contributed by atoms with Crippen molar-refractivity contribution >= 4 is 34.5 Å². The van der Waals surface area contributed by atoms with Crippen molar-refractivity contribution < 1.29 is 14.7 Å². The fourth-order valence-electron chi connectivity index (χ4n) is 3.27. The first-order valence-corrected chi connectivity index (χ1v) is 10.5. The molecule has 0 spiro atoms. The largest absolute Gasteiger partial charge is 0.388 e. The average Bonchev–Trinajstić information content (AvgIpc) is 3.23. The zero-order valence-electron chi connectivity index (χ0n) is 15.2. The zero-order chi connectivity index (χ0) is 18.9. The summed E-state index contributed by atoms with van der Waals surface area (Å²) in [5.74, 6) is -0.114. The van der Waals surface area contributed by atoms with Gasteiger partial charge in [-0.25, -0.2) is 0 Å². The summed E-state index contributed by atoms with van der Waals surface area (Å²) in [5, 5.41) is 17.7. The van der Waals surface area contributed by atoms with Crippen LogP contribution in [0.4, 0.5) is 0 Å². The molecule has 5 nitrogen and oxygen atoms in total. The lowest BCUT2D eigenvalue weighted by molar-refractivity contribution is -0.0390. The Morgan fingerprint density at radius 3 is 2.15 bits per heavy atom. The van der Waals surface area contributed by atoms with E-state index in [1.54, 1.807) is 4.90 Å². The van der Waals surface area contributed by atoms with Crippen molar-refractivity contribution in [3.05, 3.63) is 43.8 Å². The molecule has 140 valence electrons. The van der Waals surface area contributed by atoms with Gasteiger partial charge >= 0.3 is 0 Å². The van der Waals surface area contributed by atoms with Gasteiger partial charge in [-0.05, 0) is 67.6 Å². The third kappa shape index (κ3) is 3.70. The maximum absolute atomic E-state index is 12.6. The van der Waals surface area contributed by atoms with E-state index in [9.17, 15) is 14.7 Å². The van der Waals surface area contributed by atoms with Gasteiger partial charge in [0.25, 0.3) is 11.8 Å². The van der Waals surface area contributed by atoms with Gasteiger partial charge in [0.1, 0.15) is 0 Å². The monoisotopic (exact) mass is 392 g/mol. The quantitative estimate of drug-likeness (QED) is 0.839. The molecule has 26 heavy (non-hydrogen) atoms. The Morgan fingerprint density at radius 1 is 1.12 bits per heavy atom. The summed E-state index contributed by atoms with van der Waals surface area (Å²) in [4.78, 5) is 28.3. The SMILES string of the molecule is Cc1ccsc1C(=O)NC(C)C1(O)CCN(C(=O)c2sccc2C)CC1. The van der Waals surface area contributed by atoms with Gasteiger partial charge in [-0.15, -0.1) is 22.7 Å². The summed E-state index contributed by atoms with van der Waals surface area (Å²) >= 11 is 2.86. The molecule has 2 aromatic heterocycles. The van der Waals surface area contributed by atoms with Crippen LogP contribution in [0.1, 0.15) is 50.2 Å². The van der Waals surface area contributed by atoms with Gasteiger partial charge in [-0.1, -0.05) is 0 Å². The van der Waals surface area contributed by atoms with Crippen LogP contribution in [0.3, 0.4) is 0 Å². The number of rotatable bonds is 4. The lowest BCUT2D eigenvalue weighted by Gasteiger charge is -2.41. The van der Waals surface area contributed by atoms with E-state index >= 15 is 0 Å². The number of hydrogen-bond acceptors (Lipinski definition) is 5. The third-order valence-electron chi connectivity index (χ3n) is 5.19. The Bertz CT molecular complexity index is 803. The Morgan fingerprint density at radius 2 is 1.65 bits per heavy atom. The van der Waals surface area contributed by atoms with Gasteiger partial charge in [-0.2, -0.15) is 0 Å². The summed E-state index contributed by atoms with van der Waals surface area (Å²) in [7, 11) is 0. The number of nitrogens with one attached hydrogen (secondary N) is 1. The van der Waals surface area contributed by atoms with Gasteiger partial charge in [0.15, 0.2) is 0 Å². The van der Waals surface area contributed by atoms with E-state index in [0.717, 1.165) is 16.0 Å². The van der Waals surface area contributed by atoms with Gasteiger partial charge < -0.3 is 15.3 Å². The van der Waals surface area contributed by atoms with Crippen LogP contribution in [0.2, 0.25) is 0 Å². The number of carbonyl (C=O) groups is 2. The van der Waals surface area contributed by atoms with E-state index in [1.807, 2.05) is 43.7 Å². The maximum atomic E-state index is 12.6. The number of carbonyl (C=O) groups excluding carboxylic acids is 2. The molecule has 2 aromatic rings. The van der Waals surface area contributed by atoms with Crippen LogP contribution < -0.4 is 5.32 Å². The fraction of sp³-hybridized carbons (Fsp3) is 0.474. The number of likely N-dealkylation sites (tertiary alicyclic amines) is 1.